The number of phenolic OH excluding ortho intramolecular Hbond substituents is 1. The third-order valence-electron chi connectivity index (χ3n) is 2.89. The summed E-state index contributed by atoms with van der Waals surface area (Å²) in [6.45, 7) is 0.436. The molecule has 0 atom stereocenters. The summed E-state index contributed by atoms with van der Waals surface area (Å²) >= 11 is 3.25. The van der Waals surface area contributed by atoms with Gasteiger partial charge < -0.3 is 15.2 Å². The molecule has 0 saturated carbocycles. The Hall–Kier alpha value is -2.26. The third-order valence-corrected chi connectivity index (χ3v) is 3.50. The molecular weight excluding hydrogens is 339 g/mol. The van der Waals surface area contributed by atoms with Gasteiger partial charge in [0.15, 0.2) is 11.5 Å². The smallest absolute Gasteiger partial charge is 0.172 e. The van der Waals surface area contributed by atoms with Gasteiger partial charge in [0, 0.05) is 12.2 Å². The number of benzene rings is 2. The minimum atomic E-state index is -0.544. The lowest BCUT2D eigenvalue weighted by atomic mass is 10.1. The molecule has 0 heterocycles. The van der Waals surface area contributed by atoms with E-state index in [0.717, 1.165) is 5.56 Å². The summed E-state index contributed by atoms with van der Waals surface area (Å²) in [5, 5.41) is 21.6. The number of halogens is 2. The Morgan fingerprint density at radius 1 is 1.38 bits per heavy atom. The normalized spacial score (nSPS) is 10.0. The highest BCUT2D eigenvalue weighted by Gasteiger charge is 2.09. The fraction of sp³-hybridized carbons (Fsp3) is 0.133. The van der Waals surface area contributed by atoms with E-state index in [1.165, 1.54) is 19.2 Å². The first-order valence-electron chi connectivity index (χ1n) is 6.04. The van der Waals surface area contributed by atoms with Crippen molar-refractivity contribution in [3.63, 3.8) is 0 Å². The molecule has 2 N–H and O–H groups in total. The number of nitrogens with one attached hydrogen (secondary N) is 1. The molecule has 0 bridgehead atoms. The number of phenols is 1. The van der Waals surface area contributed by atoms with Gasteiger partial charge >= 0.3 is 0 Å². The largest absolute Gasteiger partial charge is 0.503 e. The van der Waals surface area contributed by atoms with Crippen LogP contribution in [0.3, 0.4) is 0 Å². The molecule has 0 aliphatic rings. The maximum Gasteiger partial charge on any atom is 0.172 e. The van der Waals surface area contributed by atoms with Crippen LogP contribution in [0, 0.1) is 17.1 Å². The van der Waals surface area contributed by atoms with Crippen LogP contribution in [0.15, 0.2) is 34.8 Å². The summed E-state index contributed by atoms with van der Waals surface area (Å²) in [5.74, 6) is -0.148. The van der Waals surface area contributed by atoms with Crippen molar-refractivity contribution in [2.75, 3.05) is 12.4 Å². The number of hydrogen-bond donors (Lipinski definition) is 2. The van der Waals surface area contributed by atoms with Gasteiger partial charge in [-0.2, -0.15) is 5.26 Å². The van der Waals surface area contributed by atoms with Gasteiger partial charge in [-0.15, -0.1) is 0 Å². The SMILES string of the molecule is COc1cc(CNc2ccc(F)c(C#N)c2)cc(Br)c1O. The Morgan fingerprint density at radius 3 is 2.81 bits per heavy atom. The predicted molar refractivity (Wildman–Crippen MR) is 80.8 cm³/mol. The third kappa shape index (κ3) is 3.44. The van der Waals surface area contributed by atoms with Crippen LogP contribution in [-0.2, 0) is 6.54 Å². The molecule has 0 radical (unpaired) electrons. The monoisotopic (exact) mass is 350 g/mol. The Balaban J connectivity index is 2.17. The Morgan fingerprint density at radius 2 is 2.14 bits per heavy atom. The minimum absolute atomic E-state index is 0.00975. The molecule has 21 heavy (non-hydrogen) atoms. The van der Waals surface area contributed by atoms with E-state index in [1.807, 2.05) is 0 Å². The quantitative estimate of drug-likeness (QED) is 0.880. The van der Waals surface area contributed by atoms with Crippen LogP contribution in [0.25, 0.3) is 0 Å². The lowest BCUT2D eigenvalue weighted by Gasteiger charge is -2.11. The zero-order valence-corrected chi connectivity index (χ0v) is 12.7. The lowest BCUT2D eigenvalue weighted by Crippen LogP contribution is -2.01. The fourth-order valence-corrected chi connectivity index (χ4v) is 2.30. The molecule has 0 amide bonds. The second-order valence-electron chi connectivity index (χ2n) is 4.29. The van der Waals surface area contributed by atoms with Gasteiger partial charge in [-0.3, -0.25) is 0 Å². The van der Waals surface area contributed by atoms with E-state index in [9.17, 15) is 9.50 Å². The zero-order valence-electron chi connectivity index (χ0n) is 11.2. The molecule has 0 unspecified atom stereocenters. The highest BCUT2D eigenvalue weighted by molar-refractivity contribution is 9.10. The van der Waals surface area contributed by atoms with E-state index >= 15 is 0 Å². The average molecular weight is 351 g/mol. The molecule has 0 aliphatic heterocycles. The highest BCUT2D eigenvalue weighted by Crippen LogP contribution is 2.35. The molecular formula is C15H12BrFN2O2. The number of ether oxygens (including phenoxy) is 1. The predicted octanol–water partition coefficient (Wildman–Crippen LogP) is 3.79. The Bertz CT molecular complexity index is 714. The maximum absolute atomic E-state index is 13.2. The lowest BCUT2D eigenvalue weighted by molar-refractivity contribution is 0.371. The standard InChI is InChI=1S/C15H12BrFN2O2/c1-21-14-5-9(4-12(16)15(14)20)8-19-11-2-3-13(17)10(6-11)7-18/h2-6,19-20H,8H2,1H3. The van der Waals surface area contributed by atoms with E-state index in [0.29, 0.717) is 22.5 Å². The molecule has 0 saturated heterocycles. The summed E-state index contributed by atoms with van der Waals surface area (Å²) in [5.41, 5.74) is 1.49. The van der Waals surface area contributed by atoms with E-state index in [4.69, 9.17) is 10.00 Å². The average Bonchev–Trinajstić information content (AvgIpc) is 2.49. The molecule has 2 aromatic carbocycles. The molecule has 4 nitrogen and oxygen atoms in total. The number of nitriles is 1. The van der Waals surface area contributed by atoms with Crippen molar-refractivity contribution in [3.8, 4) is 17.6 Å². The van der Waals surface area contributed by atoms with Crippen LogP contribution >= 0.6 is 15.9 Å². The van der Waals surface area contributed by atoms with Crippen LogP contribution in [0.5, 0.6) is 11.5 Å². The first-order valence-corrected chi connectivity index (χ1v) is 6.83. The highest BCUT2D eigenvalue weighted by atomic mass is 79.9. The van der Waals surface area contributed by atoms with Crippen LogP contribution in [-0.4, -0.2) is 12.2 Å². The van der Waals surface area contributed by atoms with Crippen LogP contribution in [0.4, 0.5) is 10.1 Å². The van der Waals surface area contributed by atoms with Crippen molar-refractivity contribution in [2.45, 2.75) is 6.54 Å². The van der Waals surface area contributed by atoms with Gasteiger partial charge in [0.2, 0.25) is 0 Å². The van der Waals surface area contributed by atoms with Gasteiger partial charge in [0.1, 0.15) is 11.9 Å². The van der Waals surface area contributed by atoms with Crippen molar-refractivity contribution in [1.29, 1.82) is 5.26 Å². The van der Waals surface area contributed by atoms with E-state index in [1.54, 1.807) is 24.3 Å². The molecule has 0 fully saturated rings. The van der Waals surface area contributed by atoms with Crippen molar-refractivity contribution in [1.82, 2.24) is 0 Å². The molecule has 0 aromatic heterocycles. The Labute approximate surface area is 129 Å². The van der Waals surface area contributed by atoms with Gasteiger partial charge in [-0.25, -0.2) is 4.39 Å². The minimum Gasteiger partial charge on any atom is -0.503 e. The Kier molecular flexibility index (Phi) is 4.66. The van der Waals surface area contributed by atoms with Crippen molar-refractivity contribution < 1.29 is 14.2 Å². The van der Waals surface area contributed by atoms with Crippen molar-refractivity contribution in [2.24, 2.45) is 0 Å². The van der Waals surface area contributed by atoms with Gasteiger partial charge in [0.25, 0.3) is 0 Å². The summed E-state index contributed by atoms with van der Waals surface area (Å²) in [6, 6.07) is 9.49. The van der Waals surface area contributed by atoms with Crippen molar-refractivity contribution >= 4 is 21.6 Å². The summed E-state index contributed by atoms with van der Waals surface area (Å²) in [4.78, 5) is 0. The zero-order chi connectivity index (χ0) is 15.4. The summed E-state index contributed by atoms with van der Waals surface area (Å²) in [6.07, 6.45) is 0. The van der Waals surface area contributed by atoms with Gasteiger partial charge in [-0.1, -0.05) is 0 Å². The van der Waals surface area contributed by atoms with E-state index in [2.05, 4.69) is 21.2 Å². The van der Waals surface area contributed by atoms with Gasteiger partial charge in [0.05, 0.1) is 17.1 Å². The number of nitrogens with zero attached hydrogens (tertiary/aromatic N) is 1. The van der Waals surface area contributed by atoms with E-state index < -0.39 is 5.82 Å². The second kappa shape index (κ2) is 6.46. The number of hydrogen-bond acceptors (Lipinski definition) is 4. The number of anilines is 1. The van der Waals surface area contributed by atoms with Crippen LogP contribution in [0.2, 0.25) is 0 Å². The van der Waals surface area contributed by atoms with Crippen LogP contribution in [0.1, 0.15) is 11.1 Å². The molecule has 6 heteroatoms. The topological polar surface area (TPSA) is 65.3 Å². The summed E-state index contributed by atoms with van der Waals surface area (Å²) < 4.78 is 18.8. The first-order chi connectivity index (χ1) is 10.0. The molecule has 0 spiro atoms. The molecule has 0 aliphatic carbocycles. The summed E-state index contributed by atoms with van der Waals surface area (Å²) in [7, 11) is 1.47. The number of rotatable bonds is 4. The fourth-order valence-electron chi connectivity index (χ4n) is 1.81. The molecule has 108 valence electrons. The van der Waals surface area contributed by atoms with Crippen molar-refractivity contribution in [3.05, 3.63) is 51.7 Å². The molecule has 2 rings (SSSR count). The first kappa shape index (κ1) is 15.1. The number of methoxy groups -OCH3 is 1. The van der Waals surface area contributed by atoms with Gasteiger partial charge in [-0.05, 0) is 51.8 Å². The second-order valence-corrected chi connectivity index (χ2v) is 5.14. The van der Waals surface area contributed by atoms with E-state index in [-0.39, 0.29) is 11.3 Å². The van der Waals surface area contributed by atoms with Crippen LogP contribution < -0.4 is 10.1 Å². The maximum atomic E-state index is 13.2. The number of aromatic hydroxyl groups is 1. The molecule has 2 aromatic rings.